The Bertz CT molecular complexity index is 888. The van der Waals surface area contributed by atoms with Gasteiger partial charge in [0.2, 0.25) is 5.91 Å². The van der Waals surface area contributed by atoms with Crippen molar-refractivity contribution in [3.05, 3.63) is 52.2 Å². The number of likely N-dealkylation sites (tertiary alicyclic amines) is 1. The van der Waals surface area contributed by atoms with Gasteiger partial charge in [0.25, 0.3) is 0 Å². The number of β-lactam (4-membered cyclic amide) rings is 1. The van der Waals surface area contributed by atoms with Gasteiger partial charge >= 0.3 is 5.97 Å². The number of hydrogen-bond donors (Lipinski definition) is 0. The van der Waals surface area contributed by atoms with Crippen LogP contribution in [0.25, 0.3) is 0 Å². The molecule has 1 saturated heterocycles. The smallest absolute Gasteiger partial charge is 0.355 e. The number of ether oxygens (including phenoxy) is 2. The molecule has 30 heavy (non-hydrogen) atoms. The van der Waals surface area contributed by atoms with Crippen molar-refractivity contribution in [3.63, 3.8) is 0 Å². The molecule has 1 aromatic rings. The van der Waals surface area contributed by atoms with Gasteiger partial charge < -0.3 is 9.47 Å². The maximum absolute atomic E-state index is 12.9. The van der Waals surface area contributed by atoms with Gasteiger partial charge in [-0.2, -0.15) is 0 Å². The predicted octanol–water partition coefficient (Wildman–Crippen LogP) is 4.10. The molecule has 1 aliphatic heterocycles. The molecule has 1 heterocycles. The first-order valence-corrected chi connectivity index (χ1v) is 15.3. The highest BCUT2D eigenvalue weighted by Gasteiger charge is 2.52. The molecule has 3 atom stereocenters. The largest absolute Gasteiger partial charge is 0.497 e. The normalized spacial score (nSPS) is 20.0. The lowest BCUT2D eigenvalue weighted by molar-refractivity contribution is -0.149. The monoisotopic (exact) mass is 513 g/mol. The molecule has 1 fully saturated rings. The molecule has 0 aromatic heterocycles. The van der Waals surface area contributed by atoms with Gasteiger partial charge in [-0.1, -0.05) is 53.4 Å². The van der Waals surface area contributed by atoms with Crippen molar-refractivity contribution in [1.82, 2.24) is 4.90 Å². The number of rotatable bonds is 8. The van der Waals surface area contributed by atoms with Crippen molar-refractivity contribution in [2.24, 2.45) is 0 Å². The molecule has 2 rings (SSSR count). The summed E-state index contributed by atoms with van der Waals surface area (Å²) in [6, 6.07) is 7.17. The van der Waals surface area contributed by atoms with Gasteiger partial charge in [-0.05, 0) is 42.5 Å². The number of carbonyl (C=O) groups excluding carboxylic acids is 2. The Morgan fingerprint density at radius 1 is 1.23 bits per heavy atom. The van der Waals surface area contributed by atoms with Crippen LogP contribution in [-0.4, -0.2) is 46.4 Å². The number of benzene rings is 1. The summed E-state index contributed by atoms with van der Waals surface area (Å²) in [6.45, 7) is 9.92. The highest BCUT2D eigenvalue weighted by Crippen LogP contribution is 2.35. The van der Waals surface area contributed by atoms with Gasteiger partial charge in [-0.25, -0.2) is 4.79 Å². The second-order valence-corrected chi connectivity index (χ2v) is 15.7. The van der Waals surface area contributed by atoms with Crippen molar-refractivity contribution >= 4 is 46.7 Å². The van der Waals surface area contributed by atoms with E-state index < -0.39 is 35.0 Å². The van der Waals surface area contributed by atoms with Gasteiger partial charge in [0, 0.05) is 0 Å². The maximum atomic E-state index is 12.9. The Labute approximate surface area is 189 Å². The molecule has 0 aliphatic carbocycles. The third-order valence-corrected chi connectivity index (χ3v) is 8.37. The van der Waals surface area contributed by atoms with Gasteiger partial charge in [-0.3, -0.25) is 13.9 Å². The number of carbonyl (C=O) groups is 2. The fraction of sp³-hybridized carbons (Fsp3) is 0.429. The molecule has 1 amide bonds. The van der Waals surface area contributed by atoms with Crippen LogP contribution in [0.5, 0.6) is 5.75 Å². The summed E-state index contributed by atoms with van der Waals surface area (Å²) >= 11 is 3.32. The topological polar surface area (TPSA) is 72.9 Å². The van der Waals surface area contributed by atoms with E-state index in [0.717, 1.165) is 5.56 Å². The van der Waals surface area contributed by atoms with Gasteiger partial charge in [0.15, 0.2) is 0 Å². The van der Waals surface area contributed by atoms with E-state index in [9.17, 15) is 13.8 Å². The molecule has 0 bridgehead atoms. The third kappa shape index (κ3) is 5.92. The molecule has 1 unspecified atom stereocenters. The standard InChI is InChI=1S/C21H28BrNO5SSi/c1-14(2)18(21(25)28-13-15-7-9-16(27-3)10-8-15)23-19(24)17(22)20(23)29(26)11-12-30(4,5)6/h7-12,17,20H,13H2,1-6H3/b12-11+/t17-,20+,29?/m0/s1. The molecular weight excluding hydrogens is 486 g/mol. The number of nitrogens with zero attached hydrogens (tertiary/aromatic N) is 1. The Morgan fingerprint density at radius 3 is 2.33 bits per heavy atom. The zero-order chi connectivity index (χ0) is 22.6. The van der Waals surface area contributed by atoms with Crippen molar-refractivity contribution in [2.75, 3.05) is 7.11 Å². The van der Waals surface area contributed by atoms with Crippen LogP contribution >= 0.6 is 15.9 Å². The van der Waals surface area contributed by atoms with Gasteiger partial charge in [0.1, 0.15) is 28.3 Å². The maximum Gasteiger partial charge on any atom is 0.355 e. The molecule has 1 aliphatic rings. The summed E-state index contributed by atoms with van der Waals surface area (Å²) < 4.78 is 23.4. The van der Waals surface area contributed by atoms with E-state index in [-0.39, 0.29) is 18.2 Å². The molecule has 164 valence electrons. The zero-order valence-electron chi connectivity index (χ0n) is 18.1. The van der Waals surface area contributed by atoms with Crippen LogP contribution in [-0.2, 0) is 31.7 Å². The quantitative estimate of drug-likeness (QED) is 0.172. The first-order chi connectivity index (χ1) is 14.0. The lowest BCUT2D eigenvalue weighted by Crippen LogP contribution is -2.63. The Kier molecular flexibility index (Phi) is 8.24. The van der Waals surface area contributed by atoms with E-state index in [0.29, 0.717) is 11.3 Å². The minimum atomic E-state index is -1.55. The number of hydrogen-bond acceptors (Lipinski definition) is 5. The van der Waals surface area contributed by atoms with Crippen LogP contribution in [0, 0.1) is 0 Å². The van der Waals surface area contributed by atoms with Crippen LogP contribution in [0.1, 0.15) is 19.4 Å². The van der Waals surface area contributed by atoms with Crippen LogP contribution < -0.4 is 4.74 Å². The van der Waals surface area contributed by atoms with Crippen LogP contribution in [0.15, 0.2) is 46.6 Å². The van der Waals surface area contributed by atoms with Gasteiger partial charge in [-0.15, -0.1) is 0 Å². The highest BCUT2D eigenvalue weighted by molar-refractivity contribution is 9.10. The van der Waals surface area contributed by atoms with Crippen LogP contribution in [0.3, 0.4) is 0 Å². The average Bonchev–Trinajstić information content (AvgIpc) is 2.69. The summed E-state index contributed by atoms with van der Waals surface area (Å²) in [5.74, 6) is -0.205. The molecular formula is C21H28BrNO5SSi. The van der Waals surface area contributed by atoms with Crippen molar-refractivity contribution < 1.29 is 23.3 Å². The number of amides is 1. The molecule has 0 radical (unpaired) electrons. The molecule has 0 saturated carbocycles. The minimum absolute atomic E-state index is 0.0582. The lowest BCUT2D eigenvalue weighted by Gasteiger charge is -2.43. The number of allylic oxidation sites excluding steroid dienone is 1. The fourth-order valence-corrected chi connectivity index (χ4v) is 6.92. The highest BCUT2D eigenvalue weighted by atomic mass is 79.9. The van der Waals surface area contributed by atoms with Crippen molar-refractivity contribution in [1.29, 1.82) is 0 Å². The molecule has 1 aromatic carbocycles. The number of halogens is 1. The number of esters is 1. The first kappa shape index (κ1) is 24.6. The summed E-state index contributed by atoms with van der Waals surface area (Å²) in [6.07, 6.45) is 0. The van der Waals surface area contributed by atoms with Crippen molar-refractivity contribution in [3.8, 4) is 5.75 Å². The number of alkyl halides is 1. The van der Waals surface area contributed by atoms with Crippen LogP contribution in [0.2, 0.25) is 19.6 Å². The number of methoxy groups -OCH3 is 1. The van der Waals surface area contributed by atoms with Gasteiger partial charge in [0.05, 0.1) is 26.0 Å². The molecule has 0 N–H and O–H groups in total. The van der Waals surface area contributed by atoms with Crippen LogP contribution in [0.4, 0.5) is 0 Å². The summed E-state index contributed by atoms with van der Waals surface area (Å²) in [5, 5.41) is 0.999. The SMILES string of the molecule is COc1ccc(COC(=O)C(=C(C)C)N2C(=O)[C@H](Br)[C@H]2S(=O)/C=C/[Si](C)(C)C)cc1. The molecule has 6 nitrogen and oxygen atoms in total. The Balaban J connectivity index is 2.17. The average molecular weight is 515 g/mol. The Hall–Kier alpha value is -1.71. The van der Waals surface area contributed by atoms with Crippen molar-refractivity contribution in [2.45, 2.75) is 50.3 Å². The molecule has 0 spiro atoms. The predicted molar refractivity (Wildman–Crippen MR) is 125 cm³/mol. The van der Waals surface area contributed by atoms with E-state index in [1.54, 1.807) is 50.6 Å². The zero-order valence-corrected chi connectivity index (χ0v) is 21.5. The lowest BCUT2D eigenvalue weighted by atomic mass is 10.1. The van der Waals surface area contributed by atoms with E-state index in [1.807, 2.05) is 5.70 Å². The third-order valence-electron chi connectivity index (χ3n) is 4.36. The fourth-order valence-electron chi connectivity index (χ4n) is 2.72. The van der Waals surface area contributed by atoms with E-state index in [2.05, 4.69) is 35.6 Å². The summed E-state index contributed by atoms with van der Waals surface area (Å²) in [5.41, 5.74) is 3.54. The van der Waals surface area contributed by atoms with E-state index in [4.69, 9.17) is 9.47 Å². The molecule has 9 heteroatoms. The minimum Gasteiger partial charge on any atom is -0.497 e. The Morgan fingerprint density at radius 2 is 1.83 bits per heavy atom. The second-order valence-electron chi connectivity index (χ2n) is 8.27. The summed E-state index contributed by atoms with van der Waals surface area (Å²) in [7, 11) is -1.41. The first-order valence-electron chi connectivity index (χ1n) is 9.49. The second kappa shape index (κ2) is 10.1. The summed E-state index contributed by atoms with van der Waals surface area (Å²) in [4.78, 5) is 26.1. The van der Waals surface area contributed by atoms with E-state index in [1.165, 1.54) is 4.90 Å². The van der Waals surface area contributed by atoms with E-state index >= 15 is 0 Å².